The van der Waals surface area contributed by atoms with Crippen LogP contribution in [0.15, 0.2) is 10.9 Å². The van der Waals surface area contributed by atoms with E-state index in [-0.39, 0.29) is 23.4 Å². The van der Waals surface area contributed by atoms with Gasteiger partial charge < -0.3 is 14.8 Å². The topological polar surface area (TPSA) is 115 Å². The van der Waals surface area contributed by atoms with E-state index in [1.165, 1.54) is 0 Å². The highest BCUT2D eigenvalue weighted by atomic mass is 16.2. The number of amides is 2. The summed E-state index contributed by atoms with van der Waals surface area (Å²) in [6.45, 7) is 3.50. The van der Waals surface area contributed by atoms with Crippen molar-refractivity contribution in [1.82, 2.24) is 30.0 Å². The highest BCUT2D eigenvalue weighted by Gasteiger charge is 2.34. The van der Waals surface area contributed by atoms with Gasteiger partial charge in [-0.2, -0.15) is 5.10 Å². The van der Waals surface area contributed by atoms with E-state index in [9.17, 15) is 14.4 Å². The minimum Gasteiger partial charge on any atom is -0.336 e. The molecule has 3 aliphatic rings. The van der Waals surface area contributed by atoms with Crippen molar-refractivity contribution in [3.8, 4) is 0 Å². The molecule has 0 radical (unpaired) electrons. The van der Waals surface area contributed by atoms with Crippen molar-refractivity contribution < 1.29 is 9.59 Å². The van der Waals surface area contributed by atoms with E-state index in [1.54, 1.807) is 9.80 Å². The molecule has 0 spiro atoms. The van der Waals surface area contributed by atoms with Crippen molar-refractivity contribution in [1.29, 1.82) is 0 Å². The summed E-state index contributed by atoms with van der Waals surface area (Å²) >= 11 is 0. The van der Waals surface area contributed by atoms with Gasteiger partial charge in [0.1, 0.15) is 11.5 Å². The normalized spacial score (nSPS) is 20.8. The van der Waals surface area contributed by atoms with Crippen LogP contribution in [0.4, 0.5) is 0 Å². The van der Waals surface area contributed by atoms with E-state index in [0.717, 1.165) is 44.2 Å². The summed E-state index contributed by atoms with van der Waals surface area (Å²) in [4.78, 5) is 49.8. The summed E-state index contributed by atoms with van der Waals surface area (Å²) in [5.41, 5.74) is 2.62. The number of nitrogens with zero attached hydrogens (tertiary/aromatic N) is 4. The lowest BCUT2D eigenvalue weighted by molar-refractivity contribution is -0.132. The molecule has 2 N–H and O–H groups in total. The first-order valence-electron chi connectivity index (χ1n) is 11.8. The maximum Gasteiger partial charge on any atom is 0.274 e. The summed E-state index contributed by atoms with van der Waals surface area (Å²) in [6.07, 6.45) is 6.71. The Hall–Kier alpha value is -2.97. The van der Waals surface area contributed by atoms with E-state index < -0.39 is 0 Å². The maximum absolute atomic E-state index is 13.3. The Morgan fingerprint density at radius 1 is 1.19 bits per heavy atom. The molecule has 2 aromatic rings. The summed E-state index contributed by atoms with van der Waals surface area (Å²) in [6, 6.07) is 1.57. The number of carbonyl (C=O) groups excluding carboxylic acids is 2. The van der Waals surface area contributed by atoms with Gasteiger partial charge >= 0.3 is 0 Å². The van der Waals surface area contributed by atoms with Crippen LogP contribution >= 0.6 is 0 Å². The highest BCUT2D eigenvalue weighted by Crippen LogP contribution is 2.39. The van der Waals surface area contributed by atoms with Crippen molar-refractivity contribution in [3.05, 3.63) is 44.9 Å². The molecule has 2 amide bonds. The summed E-state index contributed by atoms with van der Waals surface area (Å²) in [7, 11) is 0. The predicted molar refractivity (Wildman–Crippen MR) is 117 cm³/mol. The largest absolute Gasteiger partial charge is 0.336 e. The van der Waals surface area contributed by atoms with Crippen LogP contribution in [0.5, 0.6) is 0 Å². The number of aromatic nitrogens is 4. The van der Waals surface area contributed by atoms with Crippen LogP contribution in [-0.2, 0) is 17.8 Å². The maximum atomic E-state index is 13.3. The van der Waals surface area contributed by atoms with Crippen LogP contribution in [0.1, 0.15) is 97.1 Å². The van der Waals surface area contributed by atoms with Gasteiger partial charge in [-0.3, -0.25) is 19.5 Å². The lowest BCUT2D eigenvalue weighted by Gasteiger charge is -2.35. The Bertz CT molecular complexity index is 1090. The number of H-pyrrole nitrogens is 2. The molecular weight excluding hydrogens is 408 g/mol. The monoisotopic (exact) mass is 438 g/mol. The average Bonchev–Trinajstić information content (AvgIpc) is 3.54. The Morgan fingerprint density at radius 3 is 2.81 bits per heavy atom. The minimum absolute atomic E-state index is 0.0984. The van der Waals surface area contributed by atoms with Crippen LogP contribution in [0, 0.1) is 0 Å². The smallest absolute Gasteiger partial charge is 0.274 e. The first-order chi connectivity index (χ1) is 15.5. The molecule has 2 fully saturated rings. The SMILES string of the molecule is CCCC(=O)N1CCc2c(nc([C@@H]3CCCCN3C(=O)c3cc(C4CC4)[nH]n3)[nH]c2=O)C1. The average molecular weight is 439 g/mol. The molecule has 2 aromatic heterocycles. The molecule has 1 saturated heterocycles. The van der Waals surface area contributed by atoms with Gasteiger partial charge in [-0.05, 0) is 51.0 Å². The van der Waals surface area contributed by atoms with Gasteiger partial charge in [0.25, 0.3) is 11.5 Å². The Labute approximate surface area is 186 Å². The van der Waals surface area contributed by atoms with E-state index in [1.807, 2.05) is 13.0 Å². The van der Waals surface area contributed by atoms with Crippen molar-refractivity contribution >= 4 is 11.8 Å². The van der Waals surface area contributed by atoms with Crippen molar-refractivity contribution in [2.45, 2.75) is 76.8 Å². The van der Waals surface area contributed by atoms with Gasteiger partial charge in [0.15, 0.2) is 0 Å². The molecule has 1 atom stereocenters. The third-order valence-electron chi connectivity index (χ3n) is 6.82. The van der Waals surface area contributed by atoms with Crippen LogP contribution in [0.3, 0.4) is 0 Å². The molecule has 9 nitrogen and oxygen atoms in total. The van der Waals surface area contributed by atoms with Crippen LogP contribution < -0.4 is 5.56 Å². The molecule has 2 aliphatic heterocycles. The number of nitrogens with one attached hydrogen (secondary N) is 2. The van der Waals surface area contributed by atoms with E-state index in [0.29, 0.717) is 61.2 Å². The molecular formula is C23H30N6O3. The lowest BCUT2D eigenvalue weighted by atomic mass is 9.99. The van der Waals surface area contributed by atoms with E-state index in [2.05, 4.69) is 15.2 Å². The fourth-order valence-corrected chi connectivity index (χ4v) is 4.86. The number of fused-ring (bicyclic) bond motifs is 1. The number of hydrogen-bond donors (Lipinski definition) is 2. The first kappa shape index (κ1) is 20.9. The molecule has 1 saturated carbocycles. The highest BCUT2D eigenvalue weighted by molar-refractivity contribution is 5.92. The molecule has 1 aliphatic carbocycles. The van der Waals surface area contributed by atoms with Gasteiger partial charge in [0.2, 0.25) is 5.91 Å². The number of hydrogen-bond acceptors (Lipinski definition) is 5. The standard InChI is InChI=1S/C23H30N6O3/c1-2-5-20(30)28-11-9-15-18(13-28)24-21(25-22(15)31)19-6-3-4-10-29(19)23(32)17-12-16(26-27-17)14-7-8-14/h12,14,19H,2-11,13H2,1H3,(H,26,27)(H,24,25,31)/t19-/m0/s1. The molecule has 0 bridgehead atoms. The van der Waals surface area contributed by atoms with Gasteiger partial charge in [-0.1, -0.05) is 6.92 Å². The second-order valence-corrected chi connectivity index (χ2v) is 9.18. The molecule has 32 heavy (non-hydrogen) atoms. The third kappa shape index (κ3) is 3.96. The zero-order valence-corrected chi connectivity index (χ0v) is 18.5. The van der Waals surface area contributed by atoms with E-state index in [4.69, 9.17) is 4.98 Å². The van der Waals surface area contributed by atoms with Crippen molar-refractivity contribution in [2.75, 3.05) is 13.1 Å². The Morgan fingerprint density at radius 2 is 2.03 bits per heavy atom. The Kier molecular flexibility index (Phi) is 5.57. The molecule has 0 aromatic carbocycles. The lowest BCUT2D eigenvalue weighted by Crippen LogP contribution is -2.42. The van der Waals surface area contributed by atoms with Crippen molar-refractivity contribution in [3.63, 3.8) is 0 Å². The van der Waals surface area contributed by atoms with Crippen LogP contribution in [0.25, 0.3) is 0 Å². The zero-order chi connectivity index (χ0) is 22.2. The van der Waals surface area contributed by atoms with Crippen LogP contribution in [0.2, 0.25) is 0 Å². The minimum atomic E-state index is -0.294. The quantitative estimate of drug-likeness (QED) is 0.744. The fourth-order valence-electron chi connectivity index (χ4n) is 4.86. The number of rotatable bonds is 5. The second kappa shape index (κ2) is 8.52. The summed E-state index contributed by atoms with van der Waals surface area (Å²) < 4.78 is 0. The number of aromatic amines is 2. The summed E-state index contributed by atoms with van der Waals surface area (Å²) in [5.74, 6) is 0.988. The van der Waals surface area contributed by atoms with Gasteiger partial charge in [-0.15, -0.1) is 0 Å². The summed E-state index contributed by atoms with van der Waals surface area (Å²) in [5, 5.41) is 7.27. The number of likely N-dealkylation sites (tertiary alicyclic amines) is 1. The molecule has 5 rings (SSSR count). The second-order valence-electron chi connectivity index (χ2n) is 9.18. The van der Waals surface area contributed by atoms with Gasteiger partial charge in [-0.25, -0.2) is 4.98 Å². The third-order valence-corrected chi connectivity index (χ3v) is 6.82. The molecule has 9 heteroatoms. The predicted octanol–water partition coefficient (Wildman–Crippen LogP) is 2.42. The van der Waals surface area contributed by atoms with Gasteiger partial charge in [0.05, 0.1) is 18.3 Å². The van der Waals surface area contributed by atoms with E-state index >= 15 is 0 Å². The molecule has 170 valence electrons. The molecule has 0 unspecified atom stereocenters. The van der Waals surface area contributed by atoms with Gasteiger partial charge in [0, 0.05) is 36.7 Å². The van der Waals surface area contributed by atoms with Crippen LogP contribution in [-0.4, -0.2) is 54.9 Å². The number of carbonyl (C=O) groups is 2. The molecule has 4 heterocycles. The first-order valence-corrected chi connectivity index (χ1v) is 11.8. The van der Waals surface area contributed by atoms with Crippen molar-refractivity contribution in [2.24, 2.45) is 0 Å². The fraction of sp³-hybridized carbons (Fsp3) is 0.609. The number of piperidine rings is 1. The Balaban J connectivity index is 1.41. The zero-order valence-electron chi connectivity index (χ0n) is 18.5.